The number of halogens is 1. The molecule has 3 aromatic rings. The van der Waals surface area contributed by atoms with E-state index < -0.39 is 5.97 Å². The third-order valence-corrected chi connectivity index (χ3v) is 4.49. The maximum Gasteiger partial charge on any atom is 0.339 e. The molecule has 0 fully saturated rings. The number of hydrogen-bond donors (Lipinski definition) is 2. The molecule has 0 atom stereocenters. The fraction of sp³-hybridized carbons (Fsp3) is 0.100. The molecule has 0 amide bonds. The van der Waals surface area contributed by atoms with Gasteiger partial charge in [0.15, 0.2) is 5.78 Å². The first kappa shape index (κ1) is 17.8. The zero-order chi connectivity index (χ0) is 19.0. The molecular formula is C20H16ClNO4. The number of Topliss-reactive ketones (excluding diaryl/α,β-unsaturated/α-hetero) is 1. The van der Waals surface area contributed by atoms with Crippen molar-refractivity contribution in [3.63, 3.8) is 0 Å². The molecule has 132 valence electrons. The Bertz CT molecular complexity index is 1020. The van der Waals surface area contributed by atoms with Crippen molar-refractivity contribution in [2.45, 2.75) is 13.8 Å². The summed E-state index contributed by atoms with van der Waals surface area (Å²) >= 11 is 5.96. The second kappa shape index (κ2) is 6.69. The normalized spacial score (nSPS) is 10.7. The summed E-state index contributed by atoms with van der Waals surface area (Å²) in [5, 5.41) is 19.6. The Balaban J connectivity index is 2.29. The minimum atomic E-state index is -1.23. The van der Waals surface area contributed by atoms with Gasteiger partial charge in [-0.15, -0.1) is 0 Å². The highest BCUT2D eigenvalue weighted by molar-refractivity contribution is 6.30. The fourth-order valence-corrected chi connectivity index (χ4v) is 3.09. The van der Waals surface area contributed by atoms with E-state index in [2.05, 4.69) is 0 Å². The number of carboxylic acids is 1. The molecule has 3 rings (SSSR count). The maximum absolute atomic E-state index is 12.0. The Morgan fingerprint density at radius 3 is 2.23 bits per heavy atom. The van der Waals surface area contributed by atoms with Crippen molar-refractivity contribution in [2.24, 2.45) is 0 Å². The van der Waals surface area contributed by atoms with Crippen LogP contribution in [0.15, 0.2) is 48.5 Å². The number of carbonyl (C=O) groups is 2. The first-order valence-corrected chi connectivity index (χ1v) is 8.23. The van der Waals surface area contributed by atoms with Gasteiger partial charge in [-0.1, -0.05) is 23.7 Å². The number of phenols is 1. The van der Waals surface area contributed by atoms with E-state index in [4.69, 9.17) is 11.6 Å². The van der Waals surface area contributed by atoms with Gasteiger partial charge in [-0.3, -0.25) is 4.79 Å². The van der Waals surface area contributed by atoms with Crippen LogP contribution in [-0.2, 0) is 0 Å². The highest BCUT2D eigenvalue weighted by Crippen LogP contribution is 2.32. The van der Waals surface area contributed by atoms with Gasteiger partial charge in [-0.05, 0) is 55.8 Å². The first-order valence-electron chi connectivity index (χ1n) is 7.85. The zero-order valence-electron chi connectivity index (χ0n) is 14.2. The minimum absolute atomic E-state index is 0.0892. The number of carboxylic acid groups (broad SMARTS) is 1. The fourth-order valence-electron chi connectivity index (χ4n) is 2.96. The van der Waals surface area contributed by atoms with E-state index in [9.17, 15) is 19.8 Å². The van der Waals surface area contributed by atoms with Crippen LogP contribution >= 0.6 is 11.6 Å². The van der Waals surface area contributed by atoms with E-state index in [1.165, 1.54) is 19.1 Å². The van der Waals surface area contributed by atoms with Crippen LogP contribution < -0.4 is 0 Å². The van der Waals surface area contributed by atoms with Gasteiger partial charge in [0.1, 0.15) is 11.3 Å². The van der Waals surface area contributed by atoms with Crippen molar-refractivity contribution in [3.05, 3.63) is 70.4 Å². The van der Waals surface area contributed by atoms with Crippen molar-refractivity contribution in [2.75, 3.05) is 0 Å². The molecule has 1 aromatic heterocycles. The number of aromatic hydroxyl groups is 1. The molecule has 0 aliphatic rings. The summed E-state index contributed by atoms with van der Waals surface area (Å²) in [5.74, 6) is -1.63. The second-order valence-electron chi connectivity index (χ2n) is 5.93. The molecular weight excluding hydrogens is 354 g/mol. The molecule has 0 unspecified atom stereocenters. The summed E-state index contributed by atoms with van der Waals surface area (Å²) in [6.45, 7) is 3.28. The molecule has 0 aliphatic carbocycles. The van der Waals surface area contributed by atoms with Crippen molar-refractivity contribution in [1.82, 2.24) is 4.57 Å². The van der Waals surface area contributed by atoms with E-state index >= 15 is 0 Å². The van der Waals surface area contributed by atoms with Crippen molar-refractivity contribution >= 4 is 23.4 Å². The Hall–Kier alpha value is -3.05. The number of carbonyl (C=O) groups excluding carboxylic acids is 1. The van der Waals surface area contributed by atoms with E-state index in [1.807, 2.05) is 12.1 Å². The van der Waals surface area contributed by atoms with E-state index in [0.29, 0.717) is 22.0 Å². The lowest BCUT2D eigenvalue weighted by Crippen LogP contribution is -2.04. The van der Waals surface area contributed by atoms with Crippen molar-refractivity contribution in [1.29, 1.82) is 0 Å². The van der Waals surface area contributed by atoms with Gasteiger partial charge in [0.25, 0.3) is 0 Å². The lowest BCUT2D eigenvalue weighted by atomic mass is 10.1. The Morgan fingerprint density at radius 1 is 1.00 bits per heavy atom. The van der Waals surface area contributed by atoms with E-state index in [0.717, 1.165) is 11.3 Å². The molecule has 5 nitrogen and oxygen atoms in total. The summed E-state index contributed by atoms with van der Waals surface area (Å²) in [6.07, 6.45) is 0. The first-order chi connectivity index (χ1) is 12.3. The molecule has 0 saturated carbocycles. The second-order valence-corrected chi connectivity index (χ2v) is 6.37. The third-order valence-electron chi connectivity index (χ3n) is 4.24. The smallest absolute Gasteiger partial charge is 0.339 e. The number of benzene rings is 2. The number of aromatic carboxylic acids is 1. The molecule has 26 heavy (non-hydrogen) atoms. The maximum atomic E-state index is 12.0. The minimum Gasteiger partial charge on any atom is -0.507 e. The van der Waals surface area contributed by atoms with Crippen LogP contribution in [0.25, 0.3) is 16.9 Å². The summed E-state index contributed by atoms with van der Waals surface area (Å²) in [6, 6.07) is 13.2. The summed E-state index contributed by atoms with van der Waals surface area (Å²) in [7, 11) is 0. The quantitative estimate of drug-likeness (QED) is 0.652. The Kier molecular flexibility index (Phi) is 4.57. The number of aromatic nitrogens is 1. The van der Waals surface area contributed by atoms with E-state index in [-0.39, 0.29) is 17.1 Å². The highest BCUT2D eigenvalue weighted by Gasteiger charge is 2.19. The van der Waals surface area contributed by atoms with Gasteiger partial charge >= 0.3 is 5.97 Å². The predicted octanol–water partition coefficient (Wildman–Crippen LogP) is 4.71. The van der Waals surface area contributed by atoms with Crippen LogP contribution in [-0.4, -0.2) is 26.5 Å². The molecule has 2 aromatic carbocycles. The molecule has 0 bridgehead atoms. The third kappa shape index (κ3) is 3.09. The topological polar surface area (TPSA) is 79.5 Å². The van der Waals surface area contributed by atoms with Crippen LogP contribution in [0, 0.1) is 6.92 Å². The zero-order valence-corrected chi connectivity index (χ0v) is 14.9. The van der Waals surface area contributed by atoms with Crippen molar-refractivity contribution in [3.8, 4) is 22.7 Å². The Labute approximate surface area is 155 Å². The molecule has 0 saturated heterocycles. The van der Waals surface area contributed by atoms with Crippen LogP contribution in [0.4, 0.5) is 0 Å². The van der Waals surface area contributed by atoms with Gasteiger partial charge < -0.3 is 14.8 Å². The standard InChI is InChI=1S/C20H16ClNO4/c1-11-16(12(2)23)10-18(13-3-5-14(21)6-4-13)22(11)15-7-8-19(24)17(9-15)20(25)26/h3-10,24H,1-2H3,(H,25,26). The summed E-state index contributed by atoms with van der Waals surface area (Å²) in [4.78, 5) is 23.4. The molecule has 2 N–H and O–H groups in total. The van der Waals surface area contributed by atoms with Crippen LogP contribution in [0.3, 0.4) is 0 Å². The average Bonchev–Trinajstić information content (AvgIpc) is 2.93. The largest absolute Gasteiger partial charge is 0.507 e. The molecule has 0 radical (unpaired) electrons. The lowest BCUT2D eigenvalue weighted by molar-refractivity contribution is 0.0693. The van der Waals surface area contributed by atoms with Crippen LogP contribution in [0.5, 0.6) is 5.75 Å². The van der Waals surface area contributed by atoms with Gasteiger partial charge in [-0.25, -0.2) is 4.79 Å². The van der Waals surface area contributed by atoms with Crippen LogP contribution in [0.1, 0.15) is 33.3 Å². The summed E-state index contributed by atoms with van der Waals surface area (Å²) < 4.78 is 1.80. The predicted molar refractivity (Wildman–Crippen MR) is 99.6 cm³/mol. The van der Waals surface area contributed by atoms with Gasteiger partial charge in [0.05, 0.1) is 5.69 Å². The van der Waals surface area contributed by atoms with Gasteiger partial charge in [0.2, 0.25) is 0 Å². The molecule has 1 heterocycles. The summed E-state index contributed by atoms with van der Waals surface area (Å²) in [5.41, 5.74) is 3.11. The van der Waals surface area contributed by atoms with Gasteiger partial charge in [-0.2, -0.15) is 0 Å². The average molecular weight is 370 g/mol. The number of ketones is 1. The molecule has 0 spiro atoms. The van der Waals surface area contributed by atoms with Crippen molar-refractivity contribution < 1.29 is 19.8 Å². The monoisotopic (exact) mass is 369 g/mol. The van der Waals surface area contributed by atoms with Crippen LogP contribution in [0.2, 0.25) is 5.02 Å². The molecule has 6 heteroatoms. The Morgan fingerprint density at radius 2 is 1.65 bits per heavy atom. The molecule has 0 aliphatic heterocycles. The number of nitrogens with zero attached hydrogens (tertiary/aromatic N) is 1. The van der Waals surface area contributed by atoms with Gasteiger partial charge in [0, 0.05) is 22.0 Å². The number of rotatable bonds is 4. The SMILES string of the molecule is CC(=O)c1cc(-c2ccc(Cl)cc2)n(-c2ccc(O)c(C(=O)O)c2)c1C. The lowest BCUT2D eigenvalue weighted by Gasteiger charge is -2.14. The number of hydrogen-bond acceptors (Lipinski definition) is 3. The highest BCUT2D eigenvalue weighted by atomic mass is 35.5. The van der Waals surface area contributed by atoms with E-state index in [1.54, 1.807) is 35.8 Å².